The van der Waals surface area contributed by atoms with Gasteiger partial charge in [0.15, 0.2) is 0 Å². The quantitative estimate of drug-likeness (QED) is 0.716. The van der Waals surface area contributed by atoms with Crippen LogP contribution in [-0.2, 0) is 13.5 Å². The van der Waals surface area contributed by atoms with E-state index in [-0.39, 0.29) is 11.9 Å². The third-order valence-corrected chi connectivity index (χ3v) is 4.42. The Labute approximate surface area is 158 Å². The minimum absolute atomic E-state index is 0.175. The van der Waals surface area contributed by atoms with Gasteiger partial charge in [0.05, 0.1) is 11.7 Å². The molecule has 2 heterocycles. The molecule has 3 rings (SSSR count). The third-order valence-electron chi connectivity index (χ3n) is 4.17. The van der Waals surface area contributed by atoms with E-state index in [0.29, 0.717) is 10.7 Å². The number of pyridine rings is 1. The van der Waals surface area contributed by atoms with Crippen LogP contribution in [0.25, 0.3) is 0 Å². The highest BCUT2D eigenvalue weighted by atomic mass is 35.5. The zero-order valence-electron chi connectivity index (χ0n) is 14.8. The monoisotopic (exact) mass is 368 g/mol. The molecule has 0 aliphatic carbocycles. The Balaban J connectivity index is 1.90. The van der Waals surface area contributed by atoms with Crippen molar-refractivity contribution < 1.29 is 4.79 Å². The Hall–Kier alpha value is -2.66. The minimum Gasteiger partial charge on any atom is -0.340 e. The molecule has 1 amide bonds. The smallest absolute Gasteiger partial charge is 0.270 e. The van der Waals surface area contributed by atoms with Crippen LogP contribution in [0.2, 0.25) is 5.02 Å². The number of hydrogen-bond acceptors (Lipinski definition) is 3. The molecule has 1 aromatic carbocycles. The molecule has 26 heavy (non-hydrogen) atoms. The lowest BCUT2D eigenvalue weighted by molar-refractivity contribution is 0.0933. The SMILES string of the molecule is CCCc1cc(C(=O)N[C@H](c2ccc(Cl)cc2)c2cccnc2)n(C)n1. The molecule has 0 fully saturated rings. The minimum atomic E-state index is -0.321. The molecular formula is C20H21ClN4O. The summed E-state index contributed by atoms with van der Waals surface area (Å²) in [5, 5.41) is 8.16. The van der Waals surface area contributed by atoms with Crippen molar-refractivity contribution in [3.63, 3.8) is 0 Å². The number of hydrogen-bond donors (Lipinski definition) is 1. The summed E-state index contributed by atoms with van der Waals surface area (Å²) in [7, 11) is 1.79. The van der Waals surface area contributed by atoms with E-state index >= 15 is 0 Å². The van der Waals surface area contributed by atoms with Crippen LogP contribution >= 0.6 is 11.6 Å². The zero-order chi connectivity index (χ0) is 18.5. The van der Waals surface area contributed by atoms with Crippen molar-refractivity contribution in [1.82, 2.24) is 20.1 Å². The van der Waals surface area contributed by atoms with Crippen molar-refractivity contribution in [2.45, 2.75) is 25.8 Å². The van der Waals surface area contributed by atoms with Gasteiger partial charge in [0.25, 0.3) is 5.91 Å². The Morgan fingerprint density at radius 2 is 2.00 bits per heavy atom. The lowest BCUT2D eigenvalue weighted by Crippen LogP contribution is -2.30. The van der Waals surface area contributed by atoms with Gasteiger partial charge in [-0.1, -0.05) is 43.1 Å². The Morgan fingerprint density at radius 3 is 2.65 bits per heavy atom. The molecule has 6 heteroatoms. The number of aryl methyl sites for hydroxylation is 2. The molecule has 0 bridgehead atoms. The van der Waals surface area contributed by atoms with Gasteiger partial charge < -0.3 is 5.32 Å². The van der Waals surface area contributed by atoms with Gasteiger partial charge in [0.1, 0.15) is 5.69 Å². The van der Waals surface area contributed by atoms with E-state index in [9.17, 15) is 4.79 Å². The van der Waals surface area contributed by atoms with E-state index in [1.807, 2.05) is 42.5 Å². The molecule has 0 saturated heterocycles. The lowest BCUT2D eigenvalue weighted by atomic mass is 10.00. The summed E-state index contributed by atoms with van der Waals surface area (Å²) in [6.45, 7) is 2.09. The molecular weight excluding hydrogens is 348 g/mol. The molecule has 0 unspecified atom stereocenters. The molecule has 1 atom stereocenters. The van der Waals surface area contributed by atoms with Gasteiger partial charge in [-0.25, -0.2) is 0 Å². The topological polar surface area (TPSA) is 59.8 Å². The normalized spacial score (nSPS) is 12.0. The molecule has 1 N–H and O–H groups in total. The number of nitrogens with one attached hydrogen (secondary N) is 1. The number of nitrogens with zero attached hydrogens (tertiary/aromatic N) is 3. The average Bonchev–Trinajstić information content (AvgIpc) is 3.02. The summed E-state index contributed by atoms with van der Waals surface area (Å²) in [6.07, 6.45) is 5.30. The zero-order valence-corrected chi connectivity index (χ0v) is 15.6. The number of rotatable bonds is 6. The van der Waals surface area contributed by atoms with E-state index < -0.39 is 0 Å². The van der Waals surface area contributed by atoms with E-state index in [1.54, 1.807) is 24.1 Å². The molecule has 0 radical (unpaired) electrons. The Kier molecular flexibility index (Phi) is 5.68. The number of benzene rings is 1. The highest BCUT2D eigenvalue weighted by Crippen LogP contribution is 2.23. The van der Waals surface area contributed by atoms with E-state index in [1.165, 1.54) is 0 Å². The lowest BCUT2D eigenvalue weighted by Gasteiger charge is -2.19. The fraction of sp³-hybridized carbons (Fsp3) is 0.250. The maximum Gasteiger partial charge on any atom is 0.270 e. The van der Waals surface area contributed by atoms with Gasteiger partial charge in [0, 0.05) is 24.5 Å². The van der Waals surface area contributed by atoms with Crippen molar-refractivity contribution in [2.75, 3.05) is 0 Å². The highest BCUT2D eigenvalue weighted by molar-refractivity contribution is 6.30. The molecule has 134 valence electrons. The first-order chi connectivity index (χ1) is 12.6. The summed E-state index contributed by atoms with van der Waals surface area (Å²) >= 11 is 6.01. The van der Waals surface area contributed by atoms with Crippen LogP contribution in [-0.4, -0.2) is 20.7 Å². The Bertz CT molecular complexity index is 875. The molecule has 0 aliphatic rings. The van der Waals surface area contributed by atoms with Crippen LogP contribution in [0.1, 0.15) is 46.7 Å². The molecule has 0 spiro atoms. The second-order valence-electron chi connectivity index (χ2n) is 6.14. The molecule has 2 aromatic heterocycles. The van der Waals surface area contributed by atoms with Crippen molar-refractivity contribution in [3.8, 4) is 0 Å². The number of amides is 1. The summed E-state index contributed by atoms with van der Waals surface area (Å²) in [6, 6.07) is 12.8. The van der Waals surface area contributed by atoms with Crippen LogP contribution in [0.3, 0.4) is 0 Å². The van der Waals surface area contributed by atoms with Crippen LogP contribution in [0, 0.1) is 0 Å². The predicted molar refractivity (Wildman–Crippen MR) is 102 cm³/mol. The molecule has 5 nitrogen and oxygen atoms in total. The molecule has 0 aliphatic heterocycles. The predicted octanol–water partition coefficient (Wildman–Crippen LogP) is 3.94. The van der Waals surface area contributed by atoms with Gasteiger partial charge in [0.2, 0.25) is 0 Å². The van der Waals surface area contributed by atoms with Crippen molar-refractivity contribution in [3.05, 3.63) is 82.4 Å². The first-order valence-electron chi connectivity index (χ1n) is 8.57. The molecule has 0 saturated carbocycles. The largest absolute Gasteiger partial charge is 0.340 e. The number of aromatic nitrogens is 3. The number of carbonyl (C=O) groups excluding carboxylic acids is 1. The second kappa shape index (κ2) is 8.15. The number of carbonyl (C=O) groups is 1. The van der Waals surface area contributed by atoms with Gasteiger partial charge >= 0.3 is 0 Å². The van der Waals surface area contributed by atoms with E-state index in [4.69, 9.17) is 11.6 Å². The first-order valence-corrected chi connectivity index (χ1v) is 8.95. The standard InChI is InChI=1S/C20H21ClN4O/c1-3-5-17-12-18(25(2)24-17)20(26)23-19(15-6-4-11-22-13-15)14-7-9-16(21)10-8-14/h4,6-13,19H,3,5H2,1-2H3,(H,23,26)/t19-/m1/s1. The van der Waals surface area contributed by atoms with Gasteiger partial charge in [-0.3, -0.25) is 14.5 Å². The Morgan fingerprint density at radius 1 is 1.23 bits per heavy atom. The summed E-state index contributed by atoms with van der Waals surface area (Å²) in [4.78, 5) is 17.1. The van der Waals surface area contributed by atoms with Gasteiger partial charge in [-0.05, 0) is 41.8 Å². The van der Waals surface area contributed by atoms with Crippen LogP contribution in [0.15, 0.2) is 54.9 Å². The van der Waals surface area contributed by atoms with Crippen molar-refractivity contribution >= 4 is 17.5 Å². The van der Waals surface area contributed by atoms with Crippen LogP contribution < -0.4 is 5.32 Å². The van der Waals surface area contributed by atoms with E-state index in [0.717, 1.165) is 29.7 Å². The maximum atomic E-state index is 12.9. The highest BCUT2D eigenvalue weighted by Gasteiger charge is 2.20. The summed E-state index contributed by atoms with van der Waals surface area (Å²) in [5.41, 5.74) is 3.30. The second-order valence-corrected chi connectivity index (χ2v) is 6.58. The van der Waals surface area contributed by atoms with Gasteiger partial charge in [-0.2, -0.15) is 5.10 Å². The maximum absolute atomic E-state index is 12.9. The van der Waals surface area contributed by atoms with E-state index in [2.05, 4.69) is 22.3 Å². The summed E-state index contributed by atoms with van der Waals surface area (Å²) in [5.74, 6) is -0.175. The number of halogens is 1. The average molecular weight is 369 g/mol. The van der Waals surface area contributed by atoms with Gasteiger partial charge in [-0.15, -0.1) is 0 Å². The first kappa shape index (κ1) is 18.1. The fourth-order valence-corrected chi connectivity index (χ4v) is 3.01. The molecule has 3 aromatic rings. The van der Waals surface area contributed by atoms with Crippen LogP contribution in [0.5, 0.6) is 0 Å². The van der Waals surface area contributed by atoms with Crippen LogP contribution in [0.4, 0.5) is 0 Å². The fourth-order valence-electron chi connectivity index (χ4n) is 2.88. The van der Waals surface area contributed by atoms with Crippen molar-refractivity contribution in [1.29, 1.82) is 0 Å². The summed E-state index contributed by atoms with van der Waals surface area (Å²) < 4.78 is 1.63. The third kappa shape index (κ3) is 4.11. The van der Waals surface area contributed by atoms with Crippen molar-refractivity contribution in [2.24, 2.45) is 7.05 Å².